The molecule has 0 spiro atoms. The lowest BCUT2D eigenvalue weighted by Crippen LogP contribution is -2.05. The zero-order chi connectivity index (χ0) is 13.5. The van der Waals surface area contributed by atoms with Crippen LogP contribution in [-0.4, -0.2) is 4.98 Å². The number of anilines is 1. The largest absolute Gasteiger partial charge is 0.439 e. The molecule has 2 rings (SSSR count). The number of benzene rings is 1. The SMILES string of the molecule is CC(C)Cc1nc2cc(C(F)(F)F)cc(N)c2o1. The van der Waals surface area contributed by atoms with Crippen molar-refractivity contribution in [3.05, 3.63) is 23.6 Å². The molecule has 1 aromatic carbocycles. The Kier molecular flexibility index (Phi) is 2.96. The fourth-order valence-electron chi connectivity index (χ4n) is 1.70. The minimum atomic E-state index is -4.43. The molecular weight excluding hydrogens is 245 g/mol. The summed E-state index contributed by atoms with van der Waals surface area (Å²) in [5.41, 5.74) is 5.09. The zero-order valence-electron chi connectivity index (χ0n) is 10.0. The number of aromatic nitrogens is 1. The quantitative estimate of drug-likeness (QED) is 0.837. The van der Waals surface area contributed by atoms with Gasteiger partial charge in [0.15, 0.2) is 11.5 Å². The molecule has 1 heterocycles. The molecule has 0 aliphatic rings. The molecule has 98 valence electrons. The van der Waals surface area contributed by atoms with E-state index in [9.17, 15) is 13.2 Å². The highest BCUT2D eigenvalue weighted by atomic mass is 19.4. The second-order valence-corrected chi connectivity index (χ2v) is 4.62. The van der Waals surface area contributed by atoms with Crippen LogP contribution in [0.4, 0.5) is 18.9 Å². The monoisotopic (exact) mass is 258 g/mol. The Labute approximate surface area is 102 Å². The molecule has 0 saturated heterocycles. The first-order chi connectivity index (χ1) is 8.27. The molecule has 0 saturated carbocycles. The van der Waals surface area contributed by atoms with E-state index in [0.29, 0.717) is 18.2 Å². The van der Waals surface area contributed by atoms with Gasteiger partial charge in [-0.3, -0.25) is 0 Å². The fourth-order valence-corrected chi connectivity index (χ4v) is 1.70. The Hall–Kier alpha value is -1.72. The normalized spacial score (nSPS) is 12.6. The van der Waals surface area contributed by atoms with Crippen LogP contribution in [0.25, 0.3) is 11.1 Å². The van der Waals surface area contributed by atoms with Crippen LogP contribution >= 0.6 is 0 Å². The number of hydrogen-bond donors (Lipinski definition) is 1. The summed E-state index contributed by atoms with van der Waals surface area (Å²) in [7, 11) is 0. The summed E-state index contributed by atoms with van der Waals surface area (Å²) in [5.74, 6) is 0.715. The maximum Gasteiger partial charge on any atom is 0.416 e. The van der Waals surface area contributed by atoms with E-state index in [-0.39, 0.29) is 16.8 Å². The molecule has 0 radical (unpaired) electrons. The first kappa shape index (κ1) is 12.7. The fraction of sp³-hybridized carbons (Fsp3) is 0.417. The molecule has 2 N–H and O–H groups in total. The molecule has 0 amide bonds. The molecule has 0 fully saturated rings. The lowest BCUT2D eigenvalue weighted by Gasteiger charge is -2.06. The summed E-state index contributed by atoms with van der Waals surface area (Å²) < 4.78 is 43.2. The third-order valence-electron chi connectivity index (χ3n) is 2.47. The Morgan fingerprint density at radius 1 is 1.33 bits per heavy atom. The van der Waals surface area contributed by atoms with Crippen molar-refractivity contribution in [2.45, 2.75) is 26.4 Å². The molecule has 0 aliphatic carbocycles. The van der Waals surface area contributed by atoms with Gasteiger partial charge >= 0.3 is 6.18 Å². The van der Waals surface area contributed by atoms with Gasteiger partial charge in [0.05, 0.1) is 11.3 Å². The molecule has 6 heteroatoms. The van der Waals surface area contributed by atoms with Crippen LogP contribution in [0.3, 0.4) is 0 Å². The van der Waals surface area contributed by atoms with Crippen molar-refractivity contribution in [1.82, 2.24) is 4.98 Å². The van der Waals surface area contributed by atoms with E-state index >= 15 is 0 Å². The van der Waals surface area contributed by atoms with Crippen LogP contribution in [0.1, 0.15) is 25.3 Å². The molecule has 18 heavy (non-hydrogen) atoms. The number of hydrogen-bond acceptors (Lipinski definition) is 3. The summed E-state index contributed by atoms with van der Waals surface area (Å²) in [5, 5.41) is 0. The predicted molar refractivity (Wildman–Crippen MR) is 62.0 cm³/mol. The third kappa shape index (κ3) is 2.42. The highest BCUT2D eigenvalue weighted by Crippen LogP contribution is 2.34. The summed E-state index contributed by atoms with van der Waals surface area (Å²) in [6.45, 7) is 3.94. The maximum absolute atomic E-state index is 12.6. The number of nitrogens with two attached hydrogens (primary N) is 1. The lowest BCUT2D eigenvalue weighted by atomic mass is 10.1. The van der Waals surface area contributed by atoms with Gasteiger partial charge in [0, 0.05) is 6.42 Å². The number of alkyl halides is 3. The Balaban J connectivity index is 2.52. The van der Waals surface area contributed by atoms with Crippen molar-refractivity contribution in [2.24, 2.45) is 5.92 Å². The van der Waals surface area contributed by atoms with Gasteiger partial charge in [-0.05, 0) is 18.1 Å². The van der Waals surface area contributed by atoms with Crippen LogP contribution < -0.4 is 5.73 Å². The van der Waals surface area contributed by atoms with E-state index in [2.05, 4.69) is 4.98 Å². The maximum atomic E-state index is 12.6. The molecule has 1 aromatic heterocycles. The van der Waals surface area contributed by atoms with Gasteiger partial charge in [-0.2, -0.15) is 13.2 Å². The van der Waals surface area contributed by atoms with Gasteiger partial charge in [-0.15, -0.1) is 0 Å². The van der Waals surface area contributed by atoms with Gasteiger partial charge in [-0.25, -0.2) is 4.98 Å². The van der Waals surface area contributed by atoms with Crippen molar-refractivity contribution in [3.63, 3.8) is 0 Å². The molecule has 3 nitrogen and oxygen atoms in total. The average Bonchev–Trinajstić information content (AvgIpc) is 2.58. The summed E-state index contributed by atoms with van der Waals surface area (Å²) >= 11 is 0. The van der Waals surface area contributed by atoms with Crippen LogP contribution in [0.2, 0.25) is 0 Å². The molecular formula is C12H13F3N2O. The first-order valence-electron chi connectivity index (χ1n) is 5.53. The van der Waals surface area contributed by atoms with E-state index < -0.39 is 11.7 Å². The highest BCUT2D eigenvalue weighted by Gasteiger charge is 2.32. The van der Waals surface area contributed by atoms with Gasteiger partial charge in [0.25, 0.3) is 0 Å². The van der Waals surface area contributed by atoms with Gasteiger partial charge < -0.3 is 10.2 Å². The smallest absolute Gasteiger partial charge is 0.416 e. The molecule has 0 bridgehead atoms. The standard InChI is InChI=1S/C12H13F3N2O/c1-6(2)3-10-17-9-5-7(12(13,14)15)4-8(16)11(9)18-10/h4-6H,3,16H2,1-2H3. The number of fused-ring (bicyclic) bond motifs is 1. The summed E-state index contributed by atoms with van der Waals surface area (Å²) in [6, 6.07) is 1.83. The van der Waals surface area contributed by atoms with E-state index in [4.69, 9.17) is 10.2 Å². The zero-order valence-corrected chi connectivity index (χ0v) is 10.0. The number of nitrogens with zero attached hydrogens (tertiary/aromatic N) is 1. The summed E-state index contributed by atoms with van der Waals surface area (Å²) in [6.07, 6.45) is -3.87. The lowest BCUT2D eigenvalue weighted by molar-refractivity contribution is -0.137. The molecule has 0 unspecified atom stereocenters. The van der Waals surface area contributed by atoms with Crippen LogP contribution in [0, 0.1) is 5.92 Å². The van der Waals surface area contributed by atoms with Gasteiger partial charge in [0.2, 0.25) is 0 Å². The van der Waals surface area contributed by atoms with Gasteiger partial charge in [0.1, 0.15) is 5.52 Å². The topological polar surface area (TPSA) is 52.0 Å². The predicted octanol–water partition coefficient (Wildman–Crippen LogP) is 3.63. The second kappa shape index (κ2) is 4.19. The van der Waals surface area contributed by atoms with E-state index in [1.54, 1.807) is 0 Å². The van der Waals surface area contributed by atoms with Crippen molar-refractivity contribution in [3.8, 4) is 0 Å². The van der Waals surface area contributed by atoms with E-state index in [1.165, 1.54) is 0 Å². The third-order valence-corrected chi connectivity index (χ3v) is 2.47. The van der Waals surface area contributed by atoms with Crippen LogP contribution in [-0.2, 0) is 12.6 Å². The van der Waals surface area contributed by atoms with E-state index in [1.807, 2.05) is 13.8 Å². The van der Waals surface area contributed by atoms with Crippen molar-refractivity contribution >= 4 is 16.8 Å². The van der Waals surface area contributed by atoms with Crippen molar-refractivity contribution < 1.29 is 17.6 Å². The second-order valence-electron chi connectivity index (χ2n) is 4.62. The molecule has 2 aromatic rings. The molecule has 0 atom stereocenters. The Morgan fingerprint density at radius 3 is 2.56 bits per heavy atom. The Morgan fingerprint density at radius 2 is 2.00 bits per heavy atom. The van der Waals surface area contributed by atoms with Gasteiger partial charge in [-0.1, -0.05) is 13.8 Å². The number of oxazole rings is 1. The van der Waals surface area contributed by atoms with E-state index in [0.717, 1.165) is 12.1 Å². The minimum Gasteiger partial charge on any atom is -0.439 e. The highest BCUT2D eigenvalue weighted by molar-refractivity contribution is 5.85. The number of rotatable bonds is 2. The first-order valence-corrected chi connectivity index (χ1v) is 5.53. The minimum absolute atomic E-state index is 0.0395. The number of nitrogen functional groups attached to an aromatic ring is 1. The molecule has 0 aliphatic heterocycles. The summed E-state index contributed by atoms with van der Waals surface area (Å²) in [4.78, 5) is 4.04. The van der Waals surface area contributed by atoms with Crippen LogP contribution in [0.15, 0.2) is 16.5 Å². The van der Waals surface area contributed by atoms with Crippen molar-refractivity contribution in [1.29, 1.82) is 0 Å². The van der Waals surface area contributed by atoms with Crippen molar-refractivity contribution in [2.75, 3.05) is 5.73 Å². The number of halogens is 3. The Bertz CT molecular complexity index is 572. The van der Waals surface area contributed by atoms with Crippen LogP contribution in [0.5, 0.6) is 0 Å². The average molecular weight is 258 g/mol.